The van der Waals surface area contributed by atoms with Crippen molar-refractivity contribution in [3.8, 4) is 5.75 Å². The van der Waals surface area contributed by atoms with Crippen molar-refractivity contribution in [1.82, 2.24) is 9.62 Å². The molecule has 1 aliphatic carbocycles. The number of benzene rings is 2. The number of ether oxygens (including phenoxy) is 1. The molecule has 2 fully saturated rings. The fourth-order valence-electron chi connectivity index (χ4n) is 5.47. The molecular weight excluding hydrogens is 524 g/mol. The van der Waals surface area contributed by atoms with E-state index in [4.69, 9.17) is 4.74 Å². The lowest BCUT2D eigenvalue weighted by atomic mass is 9.92. The Balaban J connectivity index is 1.26. The molecule has 2 aromatic carbocycles. The van der Waals surface area contributed by atoms with Crippen LogP contribution in [0.3, 0.4) is 0 Å². The predicted octanol–water partition coefficient (Wildman–Crippen LogP) is 5.36. The molecule has 10 heteroatoms. The first kappa shape index (κ1) is 29.4. The minimum absolute atomic E-state index is 0.00218. The number of alkyl halides is 2. The van der Waals surface area contributed by atoms with Gasteiger partial charge in [-0.2, -0.15) is 0 Å². The van der Waals surface area contributed by atoms with Crippen LogP contribution in [0.25, 0.3) is 0 Å². The number of hydrogen-bond acceptors (Lipinski definition) is 5. The highest BCUT2D eigenvalue weighted by Gasteiger charge is 2.40. The minimum atomic E-state index is -3.74. The van der Waals surface area contributed by atoms with Crippen molar-refractivity contribution in [3.05, 3.63) is 60.2 Å². The molecule has 1 saturated heterocycles. The average molecular weight is 564 g/mol. The number of rotatable bonds is 11. The number of likely N-dealkylation sites (tertiary alicyclic amines) is 1. The molecule has 0 radical (unpaired) electrons. The van der Waals surface area contributed by atoms with Crippen LogP contribution >= 0.6 is 0 Å². The minimum Gasteiger partial charge on any atom is -0.497 e. The maximum absolute atomic E-state index is 13.6. The van der Waals surface area contributed by atoms with Crippen molar-refractivity contribution in [1.29, 1.82) is 0 Å². The lowest BCUT2D eigenvalue weighted by Crippen LogP contribution is -2.42. The monoisotopic (exact) mass is 563 g/mol. The number of hydrogen-bond donors (Lipinski definition) is 2. The van der Waals surface area contributed by atoms with Crippen molar-refractivity contribution in [3.63, 3.8) is 0 Å². The molecule has 2 aromatic rings. The summed E-state index contributed by atoms with van der Waals surface area (Å²) in [5.41, 5.74) is 1.61. The molecule has 1 amide bonds. The van der Waals surface area contributed by atoms with Gasteiger partial charge in [0.15, 0.2) is 0 Å². The van der Waals surface area contributed by atoms with E-state index in [1.54, 1.807) is 7.11 Å². The highest BCUT2D eigenvalue weighted by atomic mass is 32.2. The number of methoxy groups -OCH3 is 1. The molecule has 7 nitrogen and oxygen atoms in total. The van der Waals surface area contributed by atoms with Gasteiger partial charge in [-0.15, -0.1) is 0 Å². The maximum Gasteiger partial charge on any atom is 0.248 e. The highest BCUT2D eigenvalue weighted by molar-refractivity contribution is 7.90. The van der Waals surface area contributed by atoms with Gasteiger partial charge < -0.3 is 15.0 Å². The van der Waals surface area contributed by atoms with Gasteiger partial charge in [-0.05, 0) is 87.5 Å². The first-order valence-corrected chi connectivity index (χ1v) is 15.3. The topological polar surface area (TPSA) is 87.7 Å². The molecule has 0 aromatic heterocycles. The molecule has 0 bridgehead atoms. The number of halogens is 2. The first-order chi connectivity index (χ1) is 18.6. The van der Waals surface area contributed by atoms with Gasteiger partial charge in [0.1, 0.15) is 5.75 Å². The summed E-state index contributed by atoms with van der Waals surface area (Å²) in [6, 6.07) is 16.3. The summed E-state index contributed by atoms with van der Waals surface area (Å²) in [5, 5.41) is 2.16. The van der Waals surface area contributed by atoms with E-state index >= 15 is 0 Å². The van der Waals surface area contributed by atoms with Crippen LogP contribution in [0.4, 0.5) is 14.5 Å². The average Bonchev–Trinajstić information content (AvgIpc) is 2.92. The van der Waals surface area contributed by atoms with Crippen LogP contribution in [0.5, 0.6) is 5.75 Å². The van der Waals surface area contributed by atoms with Gasteiger partial charge >= 0.3 is 0 Å². The lowest BCUT2D eigenvalue weighted by molar-refractivity contribution is -0.117. The van der Waals surface area contributed by atoms with E-state index in [0.717, 1.165) is 42.9 Å². The second kappa shape index (κ2) is 13.2. The zero-order valence-corrected chi connectivity index (χ0v) is 23.3. The summed E-state index contributed by atoms with van der Waals surface area (Å²) in [6.07, 6.45) is 2.01. The Bertz CT molecular complexity index is 1160. The molecule has 214 valence electrons. The molecule has 2 aliphatic rings. The Labute approximate surface area is 230 Å². The quantitative estimate of drug-likeness (QED) is 0.384. The molecule has 39 heavy (non-hydrogen) atoms. The van der Waals surface area contributed by atoms with E-state index in [0.29, 0.717) is 25.3 Å². The van der Waals surface area contributed by atoms with Gasteiger partial charge in [0, 0.05) is 31.0 Å². The molecular formula is C29H39F2N3O4S. The lowest BCUT2D eigenvalue weighted by Gasteiger charge is -2.33. The van der Waals surface area contributed by atoms with E-state index in [1.165, 1.54) is 0 Å². The molecule has 1 heterocycles. The molecule has 1 aliphatic heterocycles. The summed E-state index contributed by atoms with van der Waals surface area (Å²) in [7, 11) is -2.14. The number of nitrogens with one attached hydrogen (secondary N) is 2. The van der Waals surface area contributed by atoms with Crippen molar-refractivity contribution < 1.29 is 26.7 Å². The third kappa shape index (κ3) is 8.71. The fraction of sp³-hybridized carbons (Fsp3) is 0.552. The number of carbonyl (C=O) groups is 1. The molecule has 1 saturated carbocycles. The van der Waals surface area contributed by atoms with Crippen LogP contribution in [0.1, 0.15) is 63.0 Å². The standard InChI is InChI=1S/C29H39F2N3O4S/c1-38-25-9-7-24(8-10-25)32-28(35)21-22-13-18-34(19-14-22)20-15-27(23-5-3-2-4-6-23)33-39(36,37)26-11-16-29(30,31)17-12-26/h2-10,22,26-27,33H,11-21H2,1H3,(H,32,35)/t27-/m0/s1. The van der Waals surface area contributed by atoms with Gasteiger partial charge in [0.05, 0.1) is 12.4 Å². The Morgan fingerprint density at radius 2 is 1.67 bits per heavy atom. The van der Waals surface area contributed by atoms with Gasteiger partial charge in [0.2, 0.25) is 21.9 Å². The summed E-state index contributed by atoms with van der Waals surface area (Å²) in [6.45, 7) is 2.38. The van der Waals surface area contributed by atoms with Gasteiger partial charge in [-0.3, -0.25) is 4.79 Å². The normalized spacial score (nSPS) is 19.9. The third-order valence-corrected chi connectivity index (χ3v) is 9.86. The summed E-state index contributed by atoms with van der Waals surface area (Å²) < 4.78 is 61.4. The van der Waals surface area contributed by atoms with Crippen LogP contribution < -0.4 is 14.8 Å². The van der Waals surface area contributed by atoms with Crippen molar-refractivity contribution >= 4 is 21.6 Å². The van der Waals surface area contributed by atoms with Gasteiger partial charge in [0.25, 0.3) is 0 Å². The second-order valence-corrected chi connectivity index (χ2v) is 12.7. The van der Waals surface area contributed by atoms with Crippen molar-refractivity contribution in [2.75, 3.05) is 32.1 Å². The summed E-state index contributed by atoms with van der Waals surface area (Å²) in [4.78, 5) is 14.8. The smallest absolute Gasteiger partial charge is 0.248 e. The van der Waals surface area contributed by atoms with Crippen LogP contribution in [-0.2, 0) is 14.8 Å². The molecule has 2 N–H and O–H groups in total. The van der Waals surface area contributed by atoms with E-state index in [1.807, 2.05) is 54.6 Å². The molecule has 0 unspecified atom stereocenters. The zero-order chi connectivity index (χ0) is 27.9. The summed E-state index contributed by atoms with van der Waals surface area (Å²) in [5.74, 6) is -1.74. The van der Waals surface area contributed by atoms with Crippen LogP contribution in [-0.4, -0.2) is 57.1 Å². The Morgan fingerprint density at radius 3 is 2.28 bits per heavy atom. The first-order valence-electron chi connectivity index (χ1n) is 13.7. The van der Waals surface area contributed by atoms with E-state index in [9.17, 15) is 22.0 Å². The number of carbonyl (C=O) groups excluding carboxylic acids is 1. The van der Waals surface area contributed by atoms with E-state index in [2.05, 4.69) is 14.9 Å². The van der Waals surface area contributed by atoms with Crippen LogP contribution in [0, 0.1) is 5.92 Å². The molecule has 0 spiro atoms. The van der Waals surface area contributed by atoms with Crippen molar-refractivity contribution in [2.45, 2.75) is 68.6 Å². The van der Waals surface area contributed by atoms with Gasteiger partial charge in [-0.25, -0.2) is 21.9 Å². The molecule has 1 atom stereocenters. The third-order valence-electron chi connectivity index (χ3n) is 7.90. The SMILES string of the molecule is COc1ccc(NC(=O)CC2CCN(CC[C@H](NS(=O)(=O)C3CCC(F)(F)CC3)c3ccccc3)CC2)cc1. The Morgan fingerprint density at radius 1 is 1.03 bits per heavy atom. The van der Waals surface area contributed by atoms with E-state index in [-0.39, 0.29) is 31.6 Å². The van der Waals surface area contributed by atoms with Gasteiger partial charge in [-0.1, -0.05) is 30.3 Å². The summed E-state index contributed by atoms with van der Waals surface area (Å²) >= 11 is 0. The fourth-order valence-corrected chi connectivity index (χ4v) is 7.17. The second-order valence-electron chi connectivity index (χ2n) is 10.7. The predicted molar refractivity (Wildman–Crippen MR) is 148 cm³/mol. The highest BCUT2D eigenvalue weighted by Crippen LogP contribution is 2.36. The number of sulfonamides is 1. The number of piperidine rings is 1. The van der Waals surface area contributed by atoms with Crippen LogP contribution in [0.2, 0.25) is 0 Å². The number of nitrogens with zero attached hydrogens (tertiary/aromatic N) is 1. The number of anilines is 1. The Kier molecular flexibility index (Phi) is 9.96. The Hall–Kier alpha value is -2.56. The maximum atomic E-state index is 13.6. The zero-order valence-electron chi connectivity index (χ0n) is 22.5. The molecule has 4 rings (SSSR count). The van der Waals surface area contributed by atoms with Crippen molar-refractivity contribution in [2.24, 2.45) is 5.92 Å². The van der Waals surface area contributed by atoms with Crippen LogP contribution in [0.15, 0.2) is 54.6 Å². The van der Waals surface area contributed by atoms with E-state index < -0.39 is 27.2 Å². The number of amides is 1. The largest absolute Gasteiger partial charge is 0.497 e.